The van der Waals surface area contributed by atoms with Gasteiger partial charge in [-0.05, 0) is 11.8 Å². The first-order valence-electron chi connectivity index (χ1n) is 5.32. The fourth-order valence-electron chi connectivity index (χ4n) is 0.740. The van der Waals surface area contributed by atoms with Crippen LogP contribution in [0.15, 0.2) is 0 Å². The molecular formula is C11H19FO4. The van der Waals surface area contributed by atoms with E-state index in [0.717, 1.165) is 0 Å². The number of carbonyl (C=O) groups excluding carboxylic acids is 2. The predicted octanol–water partition coefficient (Wildman–Crippen LogP) is 1.72. The third-order valence-corrected chi connectivity index (χ3v) is 1.53. The molecule has 0 fully saturated rings. The maximum absolute atomic E-state index is 13.1. The Morgan fingerprint density at radius 1 is 0.938 bits per heavy atom. The lowest BCUT2D eigenvalue weighted by Crippen LogP contribution is -2.31. The first-order valence-corrected chi connectivity index (χ1v) is 5.32. The lowest BCUT2D eigenvalue weighted by molar-refractivity contribution is -0.164. The molecule has 0 heterocycles. The molecule has 0 aromatic heterocycles. The van der Waals surface area contributed by atoms with E-state index in [1.54, 1.807) is 0 Å². The van der Waals surface area contributed by atoms with E-state index in [-0.39, 0.29) is 25.0 Å². The summed E-state index contributed by atoms with van der Waals surface area (Å²) in [6.07, 6.45) is -2.34. The zero-order valence-electron chi connectivity index (χ0n) is 10.2. The Hall–Kier alpha value is -1.13. The van der Waals surface area contributed by atoms with Crippen LogP contribution in [0, 0.1) is 11.8 Å². The second kappa shape index (κ2) is 7.19. The molecule has 0 aliphatic carbocycles. The van der Waals surface area contributed by atoms with E-state index in [2.05, 4.69) is 9.47 Å². The Kier molecular flexibility index (Phi) is 6.69. The monoisotopic (exact) mass is 234 g/mol. The zero-order valence-corrected chi connectivity index (χ0v) is 10.2. The molecule has 5 heteroatoms. The summed E-state index contributed by atoms with van der Waals surface area (Å²) in [7, 11) is 0. The Morgan fingerprint density at radius 3 is 1.50 bits per heavy atom. The van der Waals surface area contributed by atoms with Crippen LogP contribution in [0.2, 0.25) is 0 Å². The van der Waals surface area contributed by atoms with Gasteiger partial charge in [0, 0.05) is 0 Å². The van der Waals surface area contributed by atoms with Crippen LogP contribution in [-0.4, -0.2) is 31.3 Å². The molecule has 0 spiro atoms. The average Bonchev–Trinajstić information content (AvgIpc) is 2.21. The van der Waals surface area contributed by atoms with Crippen LogP contribution in [0.25, 0.3) is 0 Å². The molecule has 0 amide bonds. The molecular weight excluding hydrogens is 215 g/mol. The van der Waals surface area contributed by atoms with E-state index in [4.69, 9.17) is 0 Å². The van der Waals surface area contributed by atoms with Gasteiger partial charge in [0.2, 0.25) is 0 Å². The summed E-state index contributed by atoms with van der Waals surface area (Å²) in [4.78, 5) is 22.1. The fraction of sp³-hybridized carbons (Fsp3) is 0.818. The van der Waals surface area contributed by atoms with Gasteiger partial charge in [-0.2, -0.15) is 0 Å². The summed E-state index contributed by atoms with van der Waals surface area (Å²) in [6, 6.07) is 0. The number of hydrogen-bond acceptors (Lipinski definition) is 4. The third-order valence-electron chi connectivity index (χ3n) is 1.53. The predicted molar refractivity (Wildman–Crippen MR) is 56.5 cm³/mol. The second-order valence-corrected chi connectivity index (χ2v) is 4.41. The van der Waals surface area contributed by atoms with E-state index in [1.807, 2.05) is 27.7 Å². The molecule has 0 aliphatic heterocycles. The molecule has 0 saturated heterocycles. The molecule has 0 unspecified atom stereocenters. The molecule has 4 nitrogen and oxygen atoms in total. The van der Waals surface area contributed by atoms with Crippen LogP contribution >= 0.6 is 0 Å². The molecule has 16 heavy (non-hydrogen) atoms. The summed E-state index contributed by atoms with van der Waals surface area (Å²) in [5.74, 6) is -2.16. The van der Waals surface area contributed by atoms with Gasteiger partial charge in [-0.1, -0.05) is 27.7 Å². The van der Waals surface area contributed by atoms with Crippen molar-refractivity contribution in [1.29, 1.82) is 0 Å². The van der Waals surface area contributed by atoms with E-state index < -0.39 is 18.1 Å². The molecule has 0 atom stereocenters. The van der Waals surface area contributed by atoms with E-state index in [0.29, 0.717) is 0 Å². The molecule has 0 bridgehead atoms. The van der Waals surface area contributed by atoms with Crippen molar-refractivity contribution < 1.29 is 23.5 Å². The molecule has 0 rings (SSSR count). The van der Waals surface area contributed by atoms with E-state index in [1.165, 1.54) is 0 Å². The first kappa shape index (κ1) is 14.9. The minimum absolute atomic E-state index is 0.0940. The zero-order chi connectivity index (χ0) is 12.7. The molecule has 0 aromatic carbocycles. The summed E-state index contributed by atoms with van der Waals surface area (Å²) in [6.45, 7) is 7.46. The van der Waals surface area contributed by atoms with Crippen molar-refractivity contribution in [2.75, 3.05) is 13.2 Å². The Balaban J connectivity index is 3.97. The van der Waals surface area contributed by atoms with Gasteiger partial charge in [-0.3, -0.25) is 0 Å². The van der Waals surface area contributed by atoms with Crippen molar-refractivity contribution in [1.82, 2.24) is 0 Å². The first-order chi connectivity index (χ1) is 7.34. The normalized spacial score (nSPS) is 11.0. The molecule has 0 saturated carbocycles. The van der Waals surface area contributed by atoms with Crippen molar-refractivity contribution in [3.63, 3.8) is 0 Å². The number of carbonyl (C=O) groups is 2. The smallest absolute Gasteiger partial charge is 0.352 e. The van der Waals surface area contributed by atoms with Gasteiger partial charge < -0.3 is 9.47 Å². The summed E-state index contributed by atoms with van der Waals surface area (Å²) < 4.78 is 22.3. The number of halogens is 1. The van der Waals surface area contributed by atoms with E-state index in [9.17, 15) is 14.0 Å². The number of alkyl halides is 1. The Bertz CT molecular complexity index is 214. The van der Waals surface area contributed by atoms with Crippen molar-refractivity contribution in [2.24, 2.45) is 11.8 Å². The average molecular weight is 234 g/mol. The van der Waals surface area contributed by atoms with Gasteiger partial charge in [-0.15, -0.1) is 0 Å². The largest absolute Gasteiger partial charge is 0.463 e. The van der Waals surface area contributed by atoms with Crippen LogP contribution in [0.5, 0.6) is 0 Å². The highest BCUT2D eigenvalue weighted by Crippen LogP contribution is 2.03. The van der Waals surface area contributed by atoms with Crippen molar-refractivity contribution in [3.05, 3.63) is 0 Å². The molecule has 0 radical (unpaired) electrons. The maximum Gasteiger partial charge on any atom is 0.352 e. The number of ether oxygens (including phenoxy) is 2. The highest BCUT2D eigenvalue weighted by atomic mass is 19.1. The fourth-order valence-corrected chi connectivity index (χ4v) is 0.740. The molecule has 0 aromatic rings. The van der Waals surface area contributed by atoms with Gasteiger partial charge in [0.1, 0.15) is 0 Å². The van der Waals surface area contributed by atoms with Gasteiger partial charge in [0.25, 0.3) is 6.17 Å². The Labute approximate surface area is 95.1 Å². The standard InChI is InChI=1S/C11H19FO4/c1-7(2)5-15-10(13)9(12)11(14)16-6-8(3)4/h7-9H,5-6H2,1-4H3. The quantitative estimate of drug-likeness (QED) is 0.518. The number of esters is 2. The minimum atomic E-state index is -2.34. The van der Waals surface area contributed by atoms with Crippen LogP contribution in [0.3, 0.4) is 0 Å². The summed E-state index contributed by atoms with van der Waals surface area (Å²) >= 11 is 0. The highest BCUT2D eigenvalue weighted by Gasteiger charge is 2.29. The van der Waals surface area contributed by atoms with Crippen molar-refractivity contribution in [2.45, 2.75) is 33.9 Å². The van der Waals surface area contributed by atoms with Gasteiger partial charge >= 0.3 is 11.9 Å². The molecule has 94 valence electrons. The lowest BCUT2D eigenvalue weighted by atomic mass is 10.2. The van der Waals surface area contributed by atoms with Gasteiger partial charge in [-0.25, -0.2) is 14.0 Å². The maximum atomic E-state index is 13.1. The number of rotatable bonds is 6. The SMILES string of the molecule is CC(C)COC(=O)C(F)C(=O)OCC(C)C. The van der Waals surface area contributed by atoms with Crippen molar-refractivity contribution >= 4 is 11.9 Å². The number of hydrogen-bond donors (Lipinski definition) is 0. The van der Waals surface area contributed by atoms with Crippen LogP contribution in [0.4, 0.5) is 4.39 Å². The highest BCUT2D eigenvalue weighted by molar-refractivity contribution is 5.97. The lowest BCUT2D eigenvalue weighted by Gasteiger charge is -2.11. The van der Waals surface area contributed by atoms with Crippen LogP contribution < -0.4 is 0 Å². The topological polar surface area (TPSA) is 52.6 Å². The van der Waals surface area contributed by atoms with Crippen LogP contribution in [-0.2, 0) is 19.1 Å². The van der Waals surface area contributed by atoms with Crippen molar-refractivity contribution in [3.8, 4) is 0 Å². The third kappa shape index (κ3) is 6.37. The molecule has 0 aliphatic rings. The van der Waals surface area contributed by atoms with E-state index >= 15 is 0 Å². The van der Waals surface area contributed by atoms with Crippen LogP contribution in [0.1, 0.15) is 27.7 Å². The summed E-state index contributed by atoms with van der Waals surface area (Å²) in [5, 5.41) is 0. The second-order valence-electron chi connectivity index (χ2n) is 4.41. The van der Waals surface area contributed by atoms with Gasteiger partial charge in [0.15, 0.2) is 0 Å². The summed E-state index contributed by atoms with van der Waals surface area (Å²) in [5.41, 5.74) is 0. The Morgan fingerprint density at radius 2 is 1.25 bits per heavy atom. The minimum Gasteiger partial charge on any atom is -0.463 e. The molecule has 0 N–H and O–H groups in total. The van der Waals surface area contributed by atoms with Gasteiger partial charge in [0.05, 0.1) is 13.2 Å².